The Morgan fingerprint density at radius 2 is 2.04 bits per heavy atom. The Balaban J connectivity index is 1.60. The molecule has 3 fully saturated rings. The average molecular weight is 330 g/mol. The highest BCUT2D eigenvalue weighted by Crippen LogP contribution is 2.39. The van der Waals surface area contributed by atoms with E-state index in [1.165, 1.54) is 25.7 Å². The first-order valence-corrected chi connectivity index (χ1v) is 9.62. The molecule has 1 aliphatic heterocycles. The summed E-state index contributed by atoms with van der Waals surface area (Å²) in [5.74, 6) is 0.915. The first kappa shape index (κ1) is 16.1. The zero-order valence-corrected chi connectivity index (χ0v) is 14.9. The molecule has 2 N–H and O–H groups in total. The quantitative estimate of drug-likeness (QED) is 0.881. The van der Waals surface area contributed by atoms with Crippen LogP contribution >= 0.6 is 0 Å². The SMILES string of the molecule is CCC1(C)CN(c2ccc(OC3CC3)c(O)c2)C2CCCCC2N1. The minimum atomic E-state index is 0.136. The molecule has 0 aromatic heterocycles. The molecule has 0 amide bonds. The summed E-state index contributed by atoms with van der Waals surface area (Å²) in [4.78, 5) is 2.53. The van der Waals surface area contributed by atoms with Gasteiger partial charge in [0.25, 0.3) is 0 Å². The van der Waals surface area contributed by atoms with Gasteiger partial charge in [-0.15, -0.1) is 0 Å². The van der Waals surface area contributed by atoms with Crippen molar-refractivity contribution in [2.24, 2.45) is 0 Å². The third-order valence-electron chi connectivity index (χ3n) is 6.06. The van der Waals surface area contributed by atoms with E-state index in [1.807, 2.05) is 12.1 Å². The summed E-state index contributed by atoms with van der Waals surface area (Å²) in [7, 11) is 0. The number of piperazine rings is 1. The van der Waals surface area contributed by atoms with Crippen LogP contribution in [-0.4, -0.2) is 35.4 Å². The molecule has 3 aliphatic rings. The van der Waals surface area contributed by atoms with Crippen LogP contribution in [0.5, 0.6) is 11.5 Å². The average Bonchev–Trinajstić information content (AvgIpc) is 3.40. The van der Waals surface area contributed by atoms with E-state index in [9.17, 15) is 5.11 Å². The minimum Gasteiger partial charge on any atom is -0.504 e. The minimum absolute atomic E-state index is 0.136. The smallest absolute Gasteiger partial charge is 0.161 e. The van der Waals surface area contributed by atoms with Crippen LogP contribution in [0.2, 0.25) is 0 Å². The van der Waals surface area contributed by atoms with Gasteiger partial charge in [0.15, 0.2) is 11.5 Å². The van der Waals surface area contributed by atoms with Crippen LogP contribution in [0, 0.1) is 0 Å². The lowest BCUT2D eigenvalue weighted by molar-refractivity contribution is 0.182. The van der Waals surface area contributed by atoms with Gasteiger partial charge in [-0.05, 0) is 51.2 Å². The van der Waals surface area contributed by atoms with Crippen LogP contribution in [-0.2, 0) is 0 Å². The molecule has 0 radical (unpaired) electrons. The standard InChI is InChI=1S/C20H30N2O2/c1-3-20(2)13-22(17-7-5-4-6-16(17)21-20)14-8-11-19(18(23)12-14)24-15-9-10-15/h8,11-12,15-17,21,23H,3-7,9-10,13H2,1-2H3. The fourth-order valence-corrected chi connectivity index (χ4v) is 4.29. The van der Waals surface area contributed by atoms with Crippen LogP contribution in [0.3, 0.4) is 0 Å². The van der Waals surface area contributed by atoms with Gasteiger partial charge < -0.3 is 20.1 Å². The number of hydrogen-bond acceptors (Lipinski definition) is 4. The summed E-state index contributed by atoms with van der Waals surface area (Å²) in [6.45, 7) is 5.58. The molecule has 1 aromatic carbocycles. The predicted octanol–water partition coefficient (Wildman–Crippen LogP) is 3.82. The molecule has 4 heteroatoms. The number of ether oxygens (including phenoxy) is 1. The second kappa shape index (κ2) is 6.14. The van der Waals surface area contributed by atoms with Crippen molar-refractivity contribution in [3.05, 3.63) is 18.2 Å². The van der Waals surface area contributed by atoms with E-state index in [4.69, 9.17) is 4.74 Å². The summed E-state index contributed by atoms with van der Waals surface area (Å²) in [5.41, 5.74) is 1.27. The first-order valence-electron chi connectivity index (χ1n) is 9.62. The molecule has 4 nitrogen and oxygen atoms in total. The van der Waals surface area contributed by atoms with Crippen LogP contribution in [0.15, 0.2) is 18.2 Å². The Kier molecular flexibility index (Phi) is 4.11. The lowest BCUT2D eigenvalue weighted by atomic mass is 9.81. The highest BCUT2D eigenvalue weighted by Gasteiger charge is 2.42. The van der Waals surface area contributed by atoms with Gasteiger partial charge in [0, 0.05) is 35.9 Å². The van der Waals surface area contributed by atoms with Gasteiger partial charge in [-0.2, -0.15) is 0 Å². The van der Waals surface area contributed by atoms with Crippen LogP contribution in [0.4, 0.5) is 5.69 Å². The Morgan fingerprint density at radius 1 is 1.25 bits per heavy atom. The maximum atomic E-state index is 10.4. The topological polar surface area (TPSA) is 44.7 Å². The second-order valence-corrected chi connectivity index (χ2v) is 8.11. The number of nitrogens with zero attached hydrogens (tertiary/aromatic N) is 1. The fourth-order valence-electron chi connectivity index (χ4n) is 4.29. The number of phenols is 1. The molecule has 1 aromatic rings. The molecule has 3 atom stereocenters. The van der Waals surface area contributed by atoms with Crippen molar-refractivity contribution in [3.8, 4) is 11.5 Å². The molecule has 3 unspecified atom stereocenters. The van der Waals surface area contributed by atoms with Crippen LogP contribution in [0.1, 0.15) is 58.8 Å². The molecular formula is C20H30N2O2. The maximum Gasteiger partial charge on any atom is 0.161 e. The number of fused-ring (bicyclic) bond motifs is 1. The van der Waals surface area contributed by atoms with Crippen molar-refractivity contribution in [3.63, 3.8) is 0 Å². The second-order valence-electron chi connectivity index (χ2n) is 8.11. The Hall–Kier alpha value is -1.42. The van der Waals surface area contributed by atoms with Crippen LogP contribution < -0.4 is 15.0 Å². The Labute approximate surface area is 145 Å². The molecule has 4 rings (SSSR count). The van der Waals surface area contributed by atoms with Crippen molar-refractivity contribution >= 4 is 5.69 Å². The zero-order valence-electron chi connectivity index (χ0n) is 14.9. The van der Waals surface area contributed by atoms with Gasteiger partial charge in [0.05, 0.1) is 6.10 Å². The molecule has 0 bridgehead atoms. The van der Waals surface area contributed by atoms with E-state index in [1.54, 1.807) is 0 Å². The molecule has 1 saturated heterocycles. The van der Waals surface area contributed by atoms with E-state index in [2.05, 4.69) is 30.1 Å². The first-order chi connectivity index (χ1) is 11.6. The van der Waals surface area contributed by atoms with Crippen LogP contribution in [0.25, 0.3) is 0 Å². The summed E-state index contributed by atoms with van der Waals surface area (Å²) < 4.78 is 5.79. The third-order valence-corrected chi connectivity index (χ3v) is 6.06. The number of hydrogen-bond donors (Lipinski definition) is 2. The Morgan fingerprint density at radius 3 is 2.75 bits per heavy atom. The van der Waals surface area contributed by atoms with Gasteiger partial charge >= 0.3 is 0 Å². The zero-order chi connectivity index (χ0) is 16.7. The highest BCUT2D eigenvalue weighted by molar-refractivity contribution is 5.57. The molecule has 24 heavy (non-hydrogen) atoms. The summed E-state index contributed by atoms with van der Waals surface area (Å²) in [5, 5.41) is 14.3. The molecule has 132 valence electrons. The number of nitrogens with one attached hydrogen (secondary N) is 1. The number of phenolic OH excluding ortho intramolecular Hbond substituents is 1. The predicted molar refractivity (Wildman–Crippen MR) is 97.0 cm³/mol. The van der Waals surface area contributed by atoms with Crippen molar-refractivity contribution in [2.45, 2.75) is 82.5 Å². The van der Waals surface area contributed by atoms with E-state index < -0.39 is 0 Å². The number of benzene rings is 1. The third kappa shape index (κ3) is 3.08. The van der Waals surface area contributed by atoms with E-state index in [-0.39, 0.29) is 11.3 Å². The van der Waals surface area contributed by atoms with Gasteiger partial charge in [0.1, 0.15) is 0 Å². The largest absolute Gasteiger partial charge is 0.504 e. The highest BCUT2D eigenvalue weighted by atomic mass is 16.5. The van der Waals surface area contributed by atoms with Gasteiger partial charge in [-0.1, -0.05) is 19.8 Å². The van der Waals surface area contributed by atoms with Gasteiger partial charge in [-0.25, -0.2) is 0 Å². The number of aromatic hydroxyl groups is 1. The lowest BCUT2D eigenvalue weighted by Crippen LogP contribution is -2.68. The molecule has 1 heterocycles. The number of anilines is 1. The maximum absolute atomic E-state index is 10.4. The summed E-state index contributed by atoms with van der Waals surface area (Å²) >= 11 is 0. The lowest BCUT2D eigenvalue weighted by Gasteiger charge is -2.53. The number of rotatable bonds is 4. The van der Waals surface area contributed by atoms with Crippen molar-refractivity contribution < 1.29 is 9.84 Å². The van der Waals surface area contributed by atoms with Crippen molar-refractivity contribution in [1.29, 1.82) is 0 Å². The van der Waals surface area contributed by atoms with E-state index in [0.29, 0.717) is 23.9 Å². The monoisotopic (exact) mass is 330 g/mol. The molecule has 2 saturated carbocycles. The van der Waals surface area contributed by atoms with E-state index in [0.717, 1.165) is 31.5 Å². The Bertz CT molecular complexity index is 601. The summed E-state index contributed by atoms with van der Waals surface area (Å²) in [6.07, 6.45) is 8.76. The van der Waals surface area contributed by atoms with Crippen molar-refractivity contribution in [2.75, 3.05) is 11.4 Å². The normalized spacial score (nSPS) is 33.2. The molecule has 2 aliphatic carbocycles. The summed E-state index contributed by atoms with van der Waals surface area (Å²) in [6, 6.07) is 7.08. The van der Waals surface area contributed by atoms with Gasteiger partial charge in [0.2, 0.25) is 0 Å². The fraction of sp³-hybridized carbons (Fsp3) is 0.700. The van der Waals surface area contributed by atoms with E-state index >= 15 is 0 Å². The molecular weight excluding hydrogens is 300 g/mol. The van der Waals surface area contributed by atoms with Crippen molar-refractivity contribution in [1.82, 2.24) is 5.32 Å². The van der Waals surface area contributed by atoms with Gasteiger partial charge in [-0.3, -0.25) is 0 Å². The molecule has 0 spiro atoms.